The molecule has 0 atom stereocenters. The topological polar surface area (TPSA) is 73.1 Å². The summed E-state index contributed by atoms with van der Waals surface area (Å²) in [7, 11) is 0. The fourth-order valence-electron chi connectivity index (χ4n) is 2.12. The van der Waals surface area contributed by atoms with Gasteiger partial charge in [-0.3, -0.25) is 4.79 Å². The average molecular weight is 310 g/mol. The van der Waals surface area contributed by atoms with Crippen molar-refractivity contribution >= 4 is 17.7 Å². The summed E-state index contributed by atoms with van der Waals surface area (Å²) in [5, 5.41) is 21.5. The van der Waals surface area contributed by atoms with Gasteiger partial charge in [0.15, 0.2) is 0 Å². The SMILES string of the molecule is Cc1cc(/C=C(/C#N)C(=O)Nc2ccc(F)cc2)cc(C)c1O. The van der Waals surface area contributed by atoms with Crippen LogP contribution in [0.4, 0.5) is 10.1 Å². The number of nitrogens with one attached hydrogen (secondary N) is 1. The number of hydrogen-bond donors (Lipinski definition) is 2. The number of amides is 1. The summed E-state index contributed by atoms with van der Waals surface area (Å²) in [5.74, 6) is -0.798. The van der Waals surface area contributed by atoms with E-state index in [0.717, 1.165) is 0 Å². The smallest absolute Gasteiger partial charge is 0.266 e. The first-order valence-electron chi connectivity index (χ1n) is 6.89. The van der Waals surface area contributed by atoms with Crippen LogP contribution in [0.2, 0.25) is 0 Å². The Bertz CT molecular complexity index is 795. The Kier molecular flexibility index (Phi) is 4.77. The number of nitrogens with zero attached hydrogens (tertiary/aromatic N) is 1. The molecule has 5 heteroatoms. The van der Waals surface area contributed by atoms with E-state index in [2.05, 4.69) is 5.32 Å². The molecule has 0 aliphatic heterocycles. The molecule has 4 nitrogen and oxygen atoms in total. The van der Waals surface area contributed by atoms with E-state index in [4.69, 9.17) is 0 Å². The Morgan fingerprint density at radius 3 is 2.30 bits per heavy atom. The Balaban J connectivity index is 2.26. The van der Waals surface area contributed by atoms with Gasteiger partial charge in [-0.15, -0.1) is 0 Å². The molecule has 0 aliphatic carbocycles. The number of nitriles is 1. The van der Waals surface area contributed by atoms with Crippen LogP contribution in [0.3, 0.4) is 0 Å². The summed E-state index contributed by atoms with van der Waals surface area (Å²) in [6, 6.07) is 10.5. The van der Waals surface area contributed by atoms with Crippen molar-refractivity contribution in [2.24, 2.45) is 0 Å². The molecule has 116 valence electrons. The van der Waals surface area contributed by atoms with Crippen molar-refractivity contribution in [2.75, 3.05) is 5.32 Å². The number of carbonyl (C=O) groups excluding carboxylic acids is 1. The van der Waals surface area contributed by atoms with E-state index in [-0.39, 0.29) is 11.3 Å². The minimum Gasteiger partial charge on any atom is -0.507 e. The van der Waals surface area contributed by atoms with Gasteiger partial charge in [0.2, 0.25) is 0 Å². The van der Waals surface area contributed by atoms with E-state index in [1.165, 1.54) is 30.3 Å². The molecule has 0 fully saturated rings. The van der Waals surface area contributed by atoms with Crippen molar-refractivity contribution in [3.8, 4) is 11.8 Å². The lowest BCUT2D eigenvalue weighted by Crippen LogP contribution is -2.13. The fourth-order valence-corrected chi connectivity index (χ4v) is 2.12. The van der Waals surface area contributed by atoms with E-state index in [1.54, 1.807) is 26.0 Å². The highest BCUT2D eigenvalue weighted by Gasteiger charge is 2.10. The maximum Gasteiger partial charge on any atom is 0.266 e. The third kappa shape index (κ3) is 3.95. The Morgan fingerprint density at radius 2 is 1.78 bits per heavy atom. The van der Waals surface area contributed by atoms with Gasteiger partial charge in [0, 0.05) is 5.69 Å². The predicted molar refractivity (Wildman–Crippen MR) is 86.2 cm³/mol. The van der Waals surface area contributed by atoms with E-state index in [0.29, 0.717) is 22.4 Å². The zero-order valence-electron chi connectivity index (χ0n) is 12.7. The first-order chi connectivity index (χ1) is 10.9. The molecule has 0 saturated heterocycles. The molecular formula is C18H15FN2O2. The first kappa shape index (κ1) is 16.2. The van der Waals surface area contributed by atoms with Crippen molar-refractivity contribution < 1.29 is 14.3 Å². The van der Waals surface area contributed by atoms with Gasteiger partial charge in [0.25, 0.3) is 5.91 Å². The zero-order valence-corrected chi connectivity index (χ0v) is 12.7. The number of aromatic hydroxyl groups is 1. The van der Waals surface area contributed by atoms with E-state index < -0.39 is 11.7 Å². The molecule has 2 rings (SSSR count). The Hall–Kier alpha value is -3.13. The summed E-state index contributed by atoms with van der Waals surface area (Å²) in [4.78, 5) is 12.1. The van der Waals surface area contributed by atoms with Gasteiger partial charge in [0.1, 0.15) is 23.2 Å². The molecule has 0 radical (unpaired) electrons. The number of benzene rings is 2. The highest BCUT2D eigenvalue weighted by Crippen LogP contribution is 2.24. The number of carbonyl (C=O) groups is 1. The normalized spacial score (nSPS) is 11.0. The zero-order chi connectivity index (χ0) is 17.0. The number of aryl methyl sites for hydroxylation is 2. The van der Waals surface area contributed by atoms with Gasteiger partial charge in [-0.1, -0.05) is 0 Å². The molecule has 0 unspecified atom stereocenters. The lowest BCUT2D eigenvalue weighted by Gasteiger charge is -2.06. The second-order valence-electron chi connectivity index (χ2n) is 5.13. The molecule has 1 amide bonds. The van der Waals surface area contributed by atoms with Crippen molar-refractivity contribution in [3.05, 3.63) is 64.5 Å². The molecule has 2 N–H and O–H groups in total. The molecule has 0 aliphatic rings. The van der Waals surface area contributed by atoms with Crippen molar-refractivity contribution in [1.29, 1.82) is 5.26 Å². The van der Waals surface area contributed by atoms with E-state index in [9.17, 15) is 19.6 Å². The second-order valence-corrected chi connectivity index (χ2v) is 5.13. The van der Waals surface area contributed by atoms with Gasteiger partial charge < -0.3 is 10.4 Å². The van der Waals surface area contributed by atoms with Crippen LogP contribution in [-0.2, 0) is 4.79 Å². The van der Waals surface area contributed by atoms with E-state index in [1.807, 2.05) is 6.07 Å². The van der Waals surface area contributed by atoms with Crippen LogP contribution < -0.4 is 5.32 Å². The number of anilines is 1. The first-order valence-corrected chi connectivity index (χ1v) is 6.89. The summed E-state index contributed by atoms with van der Waals surface area (Å²) < 4.78 is 12.8. The van der Waals surface area contributed by atoms with Gasteiger partial charge in [-0.05, 0) is 73.0 Å². The third-order valence-electron chi connectivity index (χ3n) is 3.29. The van der Waals surface area contributed by atoms with Crippen molar-refractivity contribution in [2.45, 2.75) is 13.8 Å². The summed E-state index contributed by atoms with van der Waals surface area (Å²) >= 11 is 0. The minimum atomic E-state index is -0.581. The number of halogens is 1. The van der Waals surface area contributed by atoms with Crippen LogP contribution in [-0.4, -0.2) is 11.0 Å². The van der Waals surface area contributed by atoms with Gasteiger partial charge >= 0.3 is 0 Å². The summed E-state index contributed by atoms with van der Waals surface area (Å²) in [6.07, 6.45) is 1.44. The largest absolute Gasteiger partial charge is 0.507 e. The van der Waals surface area contributed by atoms with Crippen LogP contribution in [0.15, 0.2) is 42.0 Å². The summed E-state index contributed by atoms with van der Waals surface area (Å²) in [5.41, 5.74) is 2.28. The highest BCUT2D eigenvalue weighted by molar-refractivity contribution is 6.09. The van der Waals surface area contributed by atoms with E-state index >= 15 is 0 Å². The molecule has 0 spiro atoms. The quantitative estimate of drug-likeness (QED) is 0.670. The molecule has 0 aromatic heterocycles. The van der Waals surface area contributed by atoms with Gasteiger partial charge in [-0.2, -0.15) is 5.26 Å². The number of phenolic OH excluding ortho intramolecular Hbond substituents is 1. The maximum atomic E-state index is 12.8. The molecule has 0 bridgehead atoms. The molecule has 23 heavy (non-hydrogen) atoms. The number of rotatable bonds is 3. The summed E-state index contributed by atoms with van der Waals surface area (Å²) in [6.45, 7) is 3.48. The van der Waals surface area contributed by atoms with Crippen LogP contribution >= 0.6 is 0 Å². The Morgan fingerprint density at radius 1 is 1.22 bits per heavy atom. The van der Waals surface area contributed by atoms with Crippen molar-refractivity contribution in [1.82, 2.24) is 0 Å². The lowest BCUT2D eigenvalue weighted by atomic mass is 10.0. The third-order valence-corrected chi connectivity index (χ3v) is 3.29. The minimum absolute atomic E-state index is 0.0844. The van der Waals surface area contributed by atoms with Crippen LogP contribution in [0, 0.1) is 31.0 Å². The molecule has 0 heterocycles. The van der Waals surface area contributed by atoms with Crippen LogP contribution in [0.25, 0.3) is 6.08 Å². The maximum absolute atomic E-state index is 12.8. The number of hydrogen-bond acceptors (Lipinski definition) is 3. The fraction of sp³-hybridized carbons (Fsp3) is 0.111. The predicted octanol–water partition coefficient (Wildman–Crippen LogP) is 3.69. The molecule has 2 aromatic carbocycles. The highest BCUT2D eigenvalue weighted by atomic mass is 19.1. The van der Waals surface area contributed by atoms with Crippen LogP contribution in [0.5, 0.6) is 5.75 Å². The molecular weight excluding hydrogens is 295 g/mol. The average Bonchev–Trinajstić information content (AvgIpc) is 2.52. The Labute approximate surface area is 133 Å². The lowest BCUT2D eigenvalue weighted by molar-refractivity contribution is -0.112. The monoisotopic (exact) mass is 310 g/mol. The van der Waals surface area contributed by atoms with Crippen LogP contribution in [0.1, 0.15) is 16.7 Å². The standard InChI is InChI=1S/C18H15FN2O2/c1-11-7-13(8-12(2)17(11)22)9-14(10-20)18(23)21-16-5-3-15(19)4-6-16/h3-9,22H,1-2H3,(H,21,23)/b14-9-. The van der Waals surface area contributed by atoms with Crippen molar-refractivity contribution in [3.63, 3.8) is 0 Å². The molecule has 2 aromatic rings. The second kappa shape index (κ2) is 6.75. The van der Waals surface area contributed by atoms with Gasteiger partial charge in [-0.25, -0.2) is 4.39 Å². The number of phenols is 1. The molecule has 0 saturated carbocycles. The van der Waals surface area contributed by atoms with Gasteiger partial charge in [0.05, 0.1) is 0 Å².